The predicted molar refractivity (Wildman–Crippen MR) is 60.4 cm³/mol. The standard InChI is InChI=1S/C9H13N3O4S/c1-6-7(17-5-10-6)3-12(2)9(15)11-16-4-8(13)14/h5H,3-4H2,1-2H3,(H,11,15)(H,13,14). The molecule has 0 aliphatic rings. The van der Waals surface area contributed by atoms with Gasteiger partial charge >= 0.3 is 12.0 Å². The van der Waals surface area contributed by atoms with E-state index in [2.05, 4.69) is 9.82 Å². The van der Waals surface area contributed by atoms with E-state index in [1.165, 1.54) is 16.2 Å². The molecule has 1 aromatic heterocycles. The maximum Gasteiger partial charge on any atom is 0.341 e. The highest BCUT2D eigenvalue weighted by Gasteiger charge is 2.12. The maximum atomic E-state index is 11.4. The quantitative estimate of drug-likeness (QED) is 0.756. The minimum Gasteiger partial charge on any atom is -0.479 e. The van der Waals surface area contributed by atoms with Gasteiger partial charge < -0.3 is 10.0 Å². The summed E-state index contributed by atoms with van der Waals surface area (Å²) < 4.78 is 0. The molecule has 1 aromatic rings. The van der Waals surface area contributed by atoms with Gasteiger partial charge in [0.2, 0.25) is 0 Å². The van der Waals surface area contributed by atoms with Crippen LogP contribution in [0.4, 0.5) is 4.79 Å². The van der Waals surface area contributed by atoms with Crippen LogP contribution in [-0.2, 0) is 16.2 Å². The Labute approximate surface area is 102 Å². The number of nitrogens with one attached hydrogen (secondary N) is 1. The maximum absolute atomic E-state index is 11.4. The van der Waals surface area contributed by atoms with Crippen LogP contribution in [0.15, 0.2) is 5.51 Å². The Morgan fingerprint density at radius 1 is 1.65 bits per heavy atom. The number of nitrogens with zero attached hydrogens (tertiary/aromatic N) is 2. The van der Waals surface area contributed by atoms with Gasteiger partial charge in [0, 0.05) is 11.9 Å². The van der Waals surface area contributed by atoms with Crippen LogP contribution in [-0.4, -0.2) is 40.6 Å². The molecule has 0 radical (unpaired) electrons. The van der Waals surface area contributed by atoms with Crippen molar-refractivity contribution in [1.29, 1.82) is 0 Å². The summed E-state index contributed by atoms with van der Waals surface area (Å²) in [5, 5.41) is 8.31. The number of thiazole rings is 1. The molecule has 0 atom stereocenters. The number of rotatable bonds is 5. The zero-order valence-corrected chi connectivity index (χ0v) is 10.3. The number of aromatic nitrogens is 1. The van der Waals surface area contributed by atoms with Crippen molar-refractivity contribution in [2.45, 2.75) is 13.5 Å². The molecule has 0 unspecified atom stereocenters. The third-order valence-corrected chi connectivity index (χ3v) is 2.85. The van der Waals surface area contributed by atoms with Gasteiger partial charge in [-0.25, -0.2) is 20.1 Å². The van der Waals surface area contributed by atoms with Crippen LogP contribution < -0.4 is 5.48 Å². The number of carboxylic acid groups (broad SMARTS) is 1. The fourth-order valence-electron chi connectivity index (χ4n) is 1.00. The highest BCUT2D eigenvalue weighted by atomic mass is 32.1. The number of aryl methyl sites for hydroxylation is 1. The molecule has 0 aliphatic heterocycles. The van der Waals surface area contributed by atoms with Gasteiger partial charge in [-0.15, -0.1) is 11.3 Å². The van der Waals surface area contributed by atoms with Crippen molar-refractivity contribution < 1.29 is 19.5 Å². The summed E-state index contributed by atoms with van der Waals surface area (Å²) in [6.07, 6.45) is 0. The lowest BCUT2D eigenvalue weighted by Crippen LogP contribution is -2.37. The van der Waals surface area contributed by atoms with Crippen molar-refractivity contribution in [3.63, 3.8) is 0 Å². The first-order valence-corrected chi connectivity index (χ1v) is 5.62. The summed E-state index contributed by atoms with van der Waals surface area (Å²) in [5.74, 6) is -1.15. The predicted octanol–water partition coefficient (Wildman–Crippen LogP) is 0.609. The Kier molecular flexibility index (Phi) is 4.85. The van der Waals surface area contributed by atoms with Crippen LogP contribution in [0, 0.1) is 6.92 Å². The van der Waals surface area contributed by atoms with Gasteiger partial charge in [-0.2, -0.15) is 0 Å². The molecule has 94 valence electrons. The smallest absolute Gasteiger partial charge is 0.341 e. The number of hydrogen-bond acceptors (Lipinski definition) is 5. The largest absolute Gasteiger partial charge is 0.479 e. The lowest BCUT2D eigenvalue weighted by molar-refractivity contribution is -0.144. The molecule has 0 saturated carbocycles. The number of carboxylic acids is 1. The summed E-state index contributed by atoms with van der Waals surface area (Å²) >= 11 is 1.46. The van der Waals surface area contributed by atoms with Crippen LogP contribution in [0.3, 0.4) is 0 Å². The van der Waals surface area contributed by atoms with E-state index in [-0.39, 0.29) is 0 Å². The molecule has 1 rings (SSSR count). The van der Waals surface area contributed by atoms with E-state index in [9.17, 15) is 9.59 Å². The molecular weight excluding hydrogens is 246 g/mol. The zero-order chi connectivity index (χ0) is 12.8. The van der Waals surface area contributed by atoms with Crippen LogP contribution in [0.1, 0.15) is 10.6 Å². The second-order valence-corrected chi connectivity index (χ2v) is 4.25. The molecule has 0 spiro atoms. The Hall–Kier alpha value is -1.67. The fraction of sp³-hybridized carbons (Fsp3) is 0.444. The fourth-order valence-corrected chi connectivity index (χ4v) is 1.83. The van der Waals surface area contributed by atoms with Gasteiger partial charge in [0.1, 0.15) is 0 Å². The second kappa shape index (κ2) is 6.16. The Balaban J connectivity index is 2.37. The normalized spacial score (nSPS) is 10.0. The van der Waals surface area contributed by atoms with Gasteiger partial charge in [0.25, 0.3) is 0 Å². The summed E-state index contributed by atoms with van der Waals surface area (Å²) in [7, 11) is 1.58. The third kappa shape index (κ3) is 4.37. The van der Waals surface area contributed by atoms with E-state index < -0.39 is 18.6 Å². The van der Waals surface area contributed by atoms with Crippen molar-refractivity contribution in [2.24, 2.45) is 0 Å². The van der Waals surface area contributed by atoms with Crippen molar-refractivity contribution in [3.8, 4) is 0 Å². The minimum absolute atomic E-state index is 0.402. The van der Waals surface area contributed by atoms with Crippen LogP contribution in [0.2, 0.25) is 0 Å². The first-order chi connectivity index (χ1) is 8.00. The van der Waals surface area contributed by atoms with E-state index in [1.54, 1.807) is 12.6 Å². The molecule has 7 nitrogen and oxygen atoms in total. The SMILES string of the molecule is Cc1ncsc1CN(C)C(=O)NOCC(=O)O. The van der Waals surface area contributed by atoms with Gasteiger partial charge in [-0.1, -0.05) is 0 Å². The van der Waals surface area contributed by atoms with Gasteiger partial charge in [0.05, 0.1) is 17.7 Å². The molecule has 0 saturated heterocycles. The molecule has 17 heavy (non-hydrogen) atoms. The summed E-state index contributed by atoms with van der Waals surface area (Å²) in [6.45, 7) is 1.69. The average molecular weight is 259 g/mol. The first kappa shape index (κ1) is 13.4. The molecule has 8 heteroatoms. The number of hydroxylamine groups is 1. The summed E-state index contributed by atoms with van der Waals surface area (Å²) in [4.78, 5) is 32.5. The molecule has 0 fully saturated rings. The van der Waals surface area contributed by atoms with Gasteiger partial charge in [-0.3, -0.25) is 4.84 Å². The number of amides is 2. The third-order valence-electron chi connectivity index (χ3n) is 1.93. The average Bonchev–Trinajstić information content (AvgIpc) is 2.63. The monoisotopic (exact) mass is 259 g/mol. The topological polar surface area (TPSA) is 91.8 Å². The molecule has 0 aliphatic carbocycles. The number of carbonyl (C=O) groups is 2. The molecule has 0 aromatic carbocycles. The number of aliphatic carboxylic acids is 1. The number of hydrogen-bond donors (Lipinski definition) is 2. The van der Waals surface area contributed by atoms with E-state index in [1.807, 2.05) is 12.4 Å². The second-order valence-electron chi connectivity index (χ2n) is 3.31. The molecule has 2 N–H and O–H groups in total. The first-order valence-electron chi connectivity index (χ1n) is 4.74. The van der Waals surface area contributed by atoms with Crippen LogP contribution >= 0.6 is 11.3 Å². The van der Waals surface area contributed by atoms with E-state index in [0.717, 1.165) is 10.6 Å². The number of carbonyl (C=O) groups excluding carboxylic acids is 1. The van der Waals surface area contributed by atoms with Crippen molar-refractivity contribution in [3.05, 3.63) is 16.1 Å². The molecule has 1 heterocycles. The molecule has 0 bridgehead atoms. The Bertz CT molecular complexity index is 407. The Morgan fingerprint density at radius 3 is 2.88 bits per heavy atom. The minimum atomic E-state index is -1.15. The molecule has 2 amide bonds. The highest BCUT2D eigenvalue weighted by Crippen LogP contribution is 2.13. The van der Waals surface area contributed by atoms with Crippen molar-refractivity contribution >= 4 is 23.3 Å². The van der Waals surface area contributed by atoms with Crippen LogP contribution in [0.5, 0.6) is 0 Å². The highest BCUT2D eigenvalue weighted by molar-refractivity contribution is 7.09. The van der Waals surface area contributed by atoms with E-state index in [0.29, 0.717) is 6.54 Å². The summed E-state index contributed by atoms with van der Waals surface area (Å²) in [5.41, 5.74) is 4.62. The van der Waals surface area contributed by atoms with Crippen LogP contribution in [0.25, 0.3) is 0 Å². The lowest BCUT2D eigenvalue weighted by atomic mass is 10.4. The van der Waals surface area contributed by atoms with E-state index >= 15 is 0 Å². The van der Waals surface area contributed by atoms with Gasteiger partial charge in [0.15, 0.2) is 6.61 Å². The van der Waals surface area contributed by atoms with Gasteiger partial charge in [-0.05, 0) is 6.92 Å². The summed E-state index contributed by atoms with van der Waals surface area (Å²) in [6, 6.07) is -0.501. The van der Waals surface area contributed by atoms with Crippen molar-refractivity contribution in [2.75, 3.05) is 13.7 Å². The lowest BCUT2D eigenvalue weighted by Gasteiger charge is -2.16. The molecular formula is C9H13N3O4S. The van der Waals surface area contributed by atoms with Crippen molar-refractivity contribution in [1.82, 2.24) is 15.4 Å². The Morgan fingerprint density at radius 2 is 2.35 bits per heavy atom. The van der Waals surface area contributed by atoms with E-state index in [4.69, 9.17) is 5.11 Å². The zero-order valence-electron chi connectivity index (χ0n) is 9.47. The number of urea groups is 1.